The highest BCUT2D eigenvalue weighted by Gasteiger charge is 2.31. The number of rotatable bonds is 4. The predicted octanol–water partition coefficient (Wildman–Crippen LogP) is 3.64. The molecule has 2 unspecified atom stereocenters. The lowest BCUT2D eigenvalue weighted by Gasteiger charge is -2.34. The largest absolute Gasteiger partial charge is 0.481 e. The molecule has 3 rings (SSSR count). The first-order valence-corrected chi connectivity index (χ1v) is 9.70. The van der Waals surface area contributed by atoms with E-state index in [4.69, 9.17) is 11.6 Å². The molecular weight excluding hydrogens is 368 g/mol. The number of hydrogen-bond donors (Lipinski definition) is 1. The van der Waals surface area contributed by atoms with E-state index in [-0.39, 0.29) is 24.8 Å². The molecule has 1 saturated heterocycles. The summed E-state index contributed by atoms with van der Waals surface area (Å²) >= 11 is 8.89. The lowest BCUT2D eigenvalue weighted by molar-refractivity contribution is -0.146. The minimum atomic E-state index is -0.829. The Morgan fingerprint density at radius 2 is 2.21 bits per heavy atom. The minimum absolute atomic E-state index is 0.0612. The number of carbonyl (C=O) groups is 2. The fourth-order valence-electron chi connectivity index (χ4n) is 2.93. The molecule has 24 heavy (non-hydrogen) atoms. The first kappa shape index (κ1) is 17.4. The van der Waals surface area contributed by atoms with Crippen LogP contribution < -0.4 is 0 Å². The van der Waals surface area contributed by atoms with Gasteiger partial charge in [-0.3, -0.25) is 9.59 Å². The van der Waals surface area contributed by atoms with E-state index in [9.17, 15) is 14.7 Å². The zero-order valence-electron chi connectivity index (χ0n) is 13.1. The molecule has 0 aromatic carbocycles. The van der Waals surface area contributed by atoms with E-state index in [1.807, 2.05) is 24.4 Å². The van der Waals surface area contributed by atoms with Gasteiger partial charge in [-0.2, -0.15) is 0 Å². The molecule has 2 aromatic heterocycles. The van der Waals surface area contributed by atoms with Gasteiger partial charge in [-0.1, -0.05) is 18.5 Å². The third-order valence-corrected chi connectivity index (χ3v) is 6.32. The SMILES string of the molecule is CC1CC(C(=O)O)CN(C(=O)Cc2csc(-c3ccc(Cl)s3)n2)C1. The van der Waals surface area contributed by atoms with Gasteiger partial charge in [-0.15, -0.1) is 22.7 Å². The third-order valence-electron chi connectivity index (χ3n) is 4.03. The molecular formula is C16H17ClN2O3S2. The molecule has 0 aliphatic carbocycles. The van der Waals surface area contributed by atoms with Crippen LogP contribution in [0.15, 0.2) is 17.5 Å². The highest BCUT2D eigenvalue weighted by Crippen LogP contribution is 2.33. The molecule has 1 aliphatic rings. The van der Waals surface area contributed by atoms with Crippen molar-refractivity contribution < 1.29 is 14.7 Å². The Morgan fingerprint density at radius 1 is 1.42 bits per heavy atom. The van der Waals surface area contributed by atoms with Crippen molar-refractivity contribution in [3.63, 3.8) is 0 Å². The Balaban J connectivity index is 1.66. The van der Waals surface area contributed by atoms with Crippen LogP contribution in [0.2, 0.25) is 4.34 Å². The average molecular weight is 385 g/mol. The second-order valence-electron chi connectivity index (χ2n) is 6.10. The van der Waals surface area contributed by atoms with Crippen molar-refractivity contribution in [3.05, 3.63) is 27.5 Å². The molecule has 1 amide bonds. The summed E-state index contributed by atoms with van der Waals surface area (Å²) in [6, 6.07) is 3.75. The summed E-state index contributed by atoms with van der Waals surface area (Å²) in [5.41, 5.74) is 0.717. The van der Waals surface area contributed by atoms with Crippen molar-refractivity contribution in [1.29, 1.82) is 0 Å². The summed E-state index contributed by atoms with van der Waals surface area (Å²) < 4.78 is 0.708. The number of carbonyl (C=O) groups excluding carboxylic acids is 1. The van der Waals surface area contributed by atoms with E-state index in [2.05, 4.69) is 4.98 Å². The molecule has 0 saturated carbocycles. The first-order chi connectivity index (χ1) is 11.4. The molecule has 5 nitrogen and oxygen atoms in total. The minimum Gasteiger partial charge on any atom is -0.481 e. The van der Waals surface area contributed by atoms with Gasteiger partial charge >= 0.3 is 5.97 Å². The summed E-state index contributed by atoms with van der Waals surface area (Å²) in [5.74, 6) is -1.17. The van der Waals surface area contributed by atoms with Crippen molar-refractivity contribution in [2.75, 3.05) is 13.1 Å². The molecule has 1 N–H and O–H groups in total. The van der Waals surface area contributed by atoms with Gasteiger partial charge in [0.25, 0.3) is 0 Å². The second kappa shape index (κ2) is 7.21. The van der Waals surface area contributed by atoms with E-state index >= 15 is 0 Å². The van der Waals surface area contributed by atoms with Gasteiger partial charge in [0.05, 0.1) is 27.2 Å². The van der Waals surface area contributed by atoms with Crippen LogP contribution in [0.4, 0.5) is 0 Å². The number of nitrogens with zero attached hydrogens (tertiary/aromatic N) is 2. The third kappa shape index (κ3) is 3.96. The smallest absolute Gasteiger partial charge is 0.308 e. The number of thiophene rings is 1. The maximum absolute atomic E-state index is 12.5. The monoisotopic (exact) mass is 384 g/mol. The van der Waals surface area contributed by atoms with Crippen molar-refractivity contribution in [2.45, 2.75) is 19.8 Å². The fourth-order valence-corrected chi connectivity index (χ4v) is 4.87. The average Bonchev–Trinajstić information content (AvgIpc) is 3.15. The number of aliphatic carboxylic acids is 1. The highest BCUT2D eigenvalue weighted by molar-refractivity contribution is 7.23. The van der Waals surface area contributed by atoms with Gasteiger partial charge in [-0.05, 0) is 24.5 Å². The van der Waals surface area contributed by atoms with Crippen molar-refractivity contribution in [2.24, 2.45) is 11.8 Å². The number of carboxylic acids is 1. The molecule has 3 heterocycles. The number of likely N-dealkylation sites (tertiary alicyclic amines) is 1. The van der Waals surface area contributed by atoms with Crippen LogP contribution in [0.3, 0.4) is 0 Å². The van der Waals surface area contributed by atoms with Crippen LogP contribution in [0.25, 0.3) is 9.88 Å². The molecule has 2 atom stereocenters. The van der Waals surface area contributed by atoms with Gasteiger partial charge in [0, 0.05) is 18.5 Å². The van der Waals surface area contributed by atoms with Gasteiger partial charge in [0.2, 0.25) is 5.91 Å². The van der Waals surface area contributed by atoms with Crippen LogP contribution in [-0.4, -0.2) is 40.0 Å². The molecule has 1 fully saturated rings. The van der Waals surface area contributed by atoms with Crippen LogP contribution in [0.5, 0.6) is 0 Å². The summed E-state index contributed by atoms with van der Waals surface area (Å²) in [7, 11) is 0. The van der Waals surface area contributed by atoms with E-state index < -0.39 is 11.9 Å². The zero-order chi connectivity index (χ0) is 17.3. The predicted molar refractivity (Wildman–Crippen MR) is 95.6 cm³/mol. The van der Waals surface area contributed by atoms with Crippen LogP contribution in [0.1, 0.15) is 19.0 Å². The Bertz CT molecular complexity index is 758. The van der Waals surface area contributed by atoms with E-state index in [0.29, 0.717) is 17.3 Å². The van der Waals surface area contributed by atoms with Crippen molar-refractivity contribution in [3.8, 4) is 9.88 Å². The van der Waals surface area contributed by atoms with Crippen molar-refractivity contribution in [1.82, 2.24) is 9.88 Å². The number of piperidine rings is 1. The molecule has 128 valence electrons. The summed E-state index contributed by atoms with van der Waals surface area (Å²) in [6.07, 6.45) is 0.827. The Morgan fingerprint density at radius 3 is 2.88 bits per heavy atom. The lowest BCUT2D eigenvalue weighted by Crippen LogP contribution is -2.46. The first-order valence-electron chi connectivity index (χ1n) is 7.63. The normalized spacial score (nSPS) is 21.0. The number of hydrogen-bond acceptors (Lipinski definition) is 5. The fraction of sp³-hybridized carbons (Fsp3) is 0.438. The molecule has 8 heteroatoms. The van der Waals surface area contributed by atoms with Crippen LogP contribution in [-0.2, 0) is 16.0 Å². The number of halogens is 1. The number of thiazole rings is 1. The molecule has 1 aliphatic heterocycles. The van der Waals surface area contributed by atoms with Crippen LogP contribution in [0, 0.1) is 11.8 Å². The zero-order valence-corrected chi connectivity index (χ0v) is 15.5. The topological polar surface area (TPSA) is 70.5 Å². The van der Waals surface area contributed by atoms with Gasteiger partial charge < -0.3 is 10.0 Å². The Hall–Kier alpha value is -1.44. The summed E-state index contributed by atoms with van der Waals surface area (Å²) in [5, 5.41) is 11.9. The van der Waals surface area contributed by atoms with Gasteiger partial charge in [0.15, 0.2) is 0 Å². The maximum atomic E-state index is 12.5. The number of amides is 1. The van der Waals surface area contributed by atoms with E-state index in [1.165, 1.54) is 22.7 Å². The van der Waals surface area contributed by atoms with E-state index in [1.54, 1.807) is 4.90 Å². The standard InChI is InChI=1S/C16H17ClN2O3S2/c1-9-4-10(16(21)22)7-19(6-9)14(20)5-11-8-23-15(18-11)12-2-3-13(17)24-12/h2-3,8-10H,4-7H2,1H3,(H,21,22). The van der Waals surface area contributed by atoms with Crippen molar-refractivity contribution >= 4 is 46.2 Å². The van der Waals surface area contributed by atoms with E-state index in [0.717, 1.165) is 15.6 Å². The Labute approximate surface area is 152 Å². The Kier molecular flexibility index (Phi) is 5.22. The molecule has 0 spiro atoms. The summed E-state index contributed by atoms with van der Waals surface area (Å²) in [6.45, 7) is 2.88. The van der Waals surface area contributed by atoms with Gasteiger partial charge in [-0.25, -0.2) is 4.98 Å². The number of carboxylic acid groups (broad SMARTS) is 1. The highest BCUT2D eigenvalue weighted by atomic mass is 35.5. The second-order valence-corrected chi connectivity index (χ2v) is 8.67. The number of aromatic nitrogens is 1. The molecule has 0 bridgehead atoms. The van der Waals surface area contributed by atoms with Gasteiger partial charge in [0.1, 0.15) is 5.01 Å². The quantitative estimate of drug-likeness (QED) is 0.873. The van der Waals surface area contributed by atoms with Crippen LogP contribution >= 0.6 is 34.3 Å². The molecule has 0 radical (unpaired) electrons. The summed E-state index contributed by atoms with van der Waals surface area (Å²) in [4.78, 5) is 30.9. The maximum Gasteiger partial charge on any atom is 0.308 e. The molecule has 2 aromatic rings. The lowest BCUT2D eigenvalue weighted by atomic mass is 9.90.